The van der Waals surface area contributed by atoms with E-state index < -0.39 is 9.76 Å². The maximum atomic E-state index is 5.78. The Morgan fingerprint density at radius 1 is 1.18 bits per heavy atom. The van der Waals surface area contributed by atoms with Gasteiger partial charge < -0.3 is 13.9 Å². The molecular formula is C13H28O3Si. The molecule has 0 N–H and O–H groups in total. The lowest BCUT2D eigenvalue weighted by molar-refractivity contribution is -0.0870. The fraction of sp³-hybridized carbons (Fsp3) is 0.846. The number of allylic oxidation sites excluding steroid dienone is 1. The van der Waals surface area contributed by atoms with Crippen LogP contribution in [0.2, 0.25) is 6.04 Å². The third kappa shape index (κ3) is 12.1. The number of hydrogen-bond donors (Lipinski definition) is 0. The van der Waals surface area contributed by atoms with Crippen LogP contribution in [0.3, 0.4) is 0 Å². The minimum atomic E-state index is -0.492. The van der Waals surface area contributed by atoms with Crippen molar-refractivity contribution in [2.45, 2.75) is 51.9 Å². The smallest absolute Gasteiger partial charge is 0.168 e. The molecule has 0 aliphatic heterocycles. The molecule has 1 atom stereocenters. The molecule has 0 saturated heterocycles. The molecule has 0 aromatic carbocycles. The maximum absolute atomic E-state index is 5.78. The molecule has 0 bridgehead atoms. The molecule has 4 heteroatoms. The molecule has 0 aliphatic carbocycles. The Labute approximate surface area is 108 Å². The molecule has 0 amide bonds. The summed E-state index contributed by atoms with van der Waals surface area (Å²) in [5.41, 5.74) is 0. The summed E-state index contributed by atoms with van der Waals surface area (Å²) in [4.78, 5) is 0. The van der Waals surface area contributed by atoms with Gasteiger partial charge in [-0.25, -0.2) is 0 Å². The quantitative estimate of drug-likeness (QED) is 0.220. The Balaban J connectivity index is 3.56. The third-order valence-corrected chi connectivity index (χ3v) is 3.46. The van der Waals surface area contributed by atoms with Crippen molar-refractivity contribution < 1.29 is 13.9 Å². The van der Waals surface area contributed by atoms with Gasteiger partial charge in [-0.05, 0) is 31.7 Å². The van der Waals surface area contributed by atoms with Gasteiger partial charge in [0.05, 0.1) is 0 Å². The van der Waals surface area contributed by atoms with Gasteiger partial charge in [0, 0.05) is 19.8 Å². The van der Waals surface area contributed by atoms with E-state index in [1.165, 1.54) is 0 Å². The topological polar surface area (TPSA) is 27.7 Å². The lowest BCUT2D eigenvalue weighted by Gasteiger charge is -2.18. The van der Waals surface area contributed by atoms with Crippen LogP contribution in [0, 0.1) is 0 Å². The minimum Gasteiger partial charge on any atom is -0.399 e. The lowest BCUT2D eigenvalue weighted by atomic mass is 10.3. The summed E-state index contributed by atoms with van der Waals surface area (Å²) >= 11 is 0. The number of rotatable bonds is 13. The first-order valence-electron chi connectivity index (χ1n) is 6.77. The zero-order valence-corrected chi connectivity index (χ0v) is 12.9. The Morgan fingerprint density at radius 2 is 1.94 bits per heavy atom. The summed E-state index contributed by atoms with van der Waals surface area (Å²) in [6.07, 6.45) is 5.97. The predicted molar refractivity (Wildman–Crippen MR) is 75.0 cm³/mol. The molecule has 17 heavy (non-hydrogen) atoms. The van der Waals surface area contributed by atoms with Crippen molar-refractivity contribution in [3.8, 4) is 0 Å². The van der Waals surface area contributed by atoms with Gasteiger partial charge >= 0.3 is 0 Å². The van der Waals surface area contributed by atoms with E-state index in [1.54, 1.807) is 0 Å². The minimum absolute atomic E-state index is 0.0215. The highest BCUT2D eigenvalue weighted by Gasteiger charge is 2.08. The molecule has 3 nitrogen and oxygen atoms in total. The van der Waals surface area contributed by atoms with Crippen molar-refractivity contribution >= 4 is 9.76 Å². The highest BCUT2D eigenvalue weighted by Crippen LogP contribution is 2.06. The van der Waals surface area contributed by atoms with Gasteiger partial charge in [-0.15, -0.1) is 6.58 Å². The van der Waals surface area contributed by atoms with E-state index in [2.05, 4.69) is 20.4 Å². The van der Waals surface area contributed by atoms with E-state index in [4.69, 9.17) is 13.9 Å². The van der Waals surface area contributed by atoms with Gasteiger partial charge in [0.2, 0.25) is 0 Å². The summed E-state index contributed by atoms with van der Waals surface area (Å²) < 4.78 is 16.9. The fourth-order valence-corrected chi connectivity index (χ4v) is 2.17. The van der Waals surface area contributed by atoms with Gasteiger partial charge in [0.25, 0.3) is 0 Å². The maximum Gasteiger partial charge on any atom is 0.168 e. The number of hydrogen-bond acceptors (Lipinski definition) is 3. The Morgan fingerprint density at radius 3 is 2.59 bits per heavy atom. The van der Waals surface area contributed by atoms with Crippen LogP contribution in [0.1, 0.15) is 39.5 Å². The largest absolute Gasteiger partial charge is 0.399 e. The van der Waals surface area contributed by atoms with Crippen molar-refractivity contribution in [2.75, 3.05) is 19.8 Å². The second-order valence-electron chi connectivity index (χ2n) is 4.00. The monoisotopic (exact) mass is 260 g/mol. The van der Waals surface area contributed by atoms with Crippen LogP contribution < -0.4 is 0 Å². The van der Waals surface area contributed by atoms with Gasteiger partial charge in [0.15, 0.2) is 9.76 Å². The van der Waals surface area contributed by atoms with E-state index in [1.807, 2.05) is 6.08 Å². The van der Waals surface area contributed by atoms with E-state index in [0.29, 0.717) is 0 Å². The lowest BCUT2D eigenvalue weighted by Crippen LogP contribution is -2.20. The van der Waals surface area contributed by atoms with Crippen LogP contribution in [-0.4, -0.2) is 35.9 Å². The Bertz CT molecular complexity index is 165. The average Bonchev–Trinajstić information content (AvgIpc) is 2.35. The molecular weight excluding hydrogens is 232 g/mol. The molecule has 0 fully saturated rings. The van der Waals surface area contributed by atoms with Crippen LogP contribution in [0.25, 0.3) is 0 Å². The molecule has 1 unspecified atom stereocenters. The SMILES string of the molecule is C=CC[SiH2]OC(CCCOCCC)OCCC. The third-order valence-electron chi connectivity index (χ3n) is 2.21. The van der Waals surface area contributed by atoms with E-state index in [-0.39, 0.29) is 6.29 Å². The van der Waals surface area contributed by atoms with Gasteiger partial charge in [-0.1, -0.05) is 19.9 Å². The van der Waals surface area contributed by atoms with E-state index in [0.717, 1.165) is 51.5 Å². The van der Waals surface area contributed by atoms with Crippen LogP contribution in [0.5, 0.6) is 0 Å². The van der Waals surface area contributed by atoms with Crippen molar-refractivity contribution in [2.24, 2.45) is 0 Å². The van der Waals surface area contributed by atoms with E-state index in [9.17, 15) is 0 Å². The molecule has 0 aliphatic rings. The van der Waals surface area contributed by atoms with Crippen LogP contribution >= 0.6 is 0 Å². The first-order valence-corrected chi connectivity index (χ1v) is 8.34. The zero-order valence-electron chi connectivity index (χ0n) is 11.5. The highest BCUT2D eigenvalue weighted by atomic mass is 28.2. The second kappa shape index (κ2) is 13.9. The van der Waals surface area contributed by atoms with Gasteiger partial charge in [0.1, 0.15) is 6.29 Å². The molecule has 0 aromatic rings. The van der Waals surface area contributed by atoms with E-state index >= 15 is 0 Å². The predicted octanol–water partition coefficient (Wildman–Crippen LogP) is 2.65. The molecule has 0 rings (SSSR count). The molecule has 0 saturated carbocycles. The van der Waals surface area contributed by atoms with Gasteiger partial charge in [-0.3, -0.25) is 0 Å². The molecule has 0 spiro atoms. The van der Waals surface area contributed by atoms with Crippen LogP contribution in [-0.2, 0) is 13.9 Å². The molecule has 0 aromatic heterocycles. The van der Waals surface area contributed by atoms with Crippen molar-refractivity contribution in [1.82, 2.24) is 0 Å². The van der Waals surface area contributed by atoms with Crippen molar-refractivity contribution in [1.29, 1.82) is 0 Å². The normalized spacial score (nSPS) is 13.3. The Hall–Kier alpha value is -0.163. The van der Waals surface area contributed by atoms with Crippen LogP contribution in [0.15, 0.2) is 12.7 Å². The first-order chi connectivity index (χ1) is 8.35. The standard InChI is InChI=1S/C13H28O3Si/c1-4-9-14-11-7-8-13(15-10-5-2)16-17-12-6-3/h6,13H,3-5,7-12,17H2,1-2H3. The fourth-order valence-electron chi connectivity index (χ4n) is 1.35. The zero-order chi connectivity index (χ0) is 12.8. The first kappa shape index (κ1) is 16.8. The summed E-state index contributed by atoms with van der Waals surface area (Å²) in [6.45, 7) is 10.4. The molecule has 0 radical (unpaired) electrons. The molecule has 102 valence electrons. The summed E-state index contributed by atoms with van der Waals surface area (Å²) in [7, 11) is -0.492. The average molecular weight is 260 g/mol. The highest BCUT2D eigenvalue weighted by molar-refractivity contribution is 6.27. The number of ether oxygens (including phenoxy) is 2. The van der Waals surface area contributed by atoms with Crippen molar-refractivity contribution in [3.05, 3.63) is 12.7 Å². The summed E-state index contributed by atoms with van der Waals surface area (Å²) in [6, 6.07) is 1.01. The second-order valence-corrected chi connectivity index (χ2v) is 5.32. The van der Waals surface area contributed by atoms with Crippen molar-refractivity contribution in [3.63, 3.8) is 0 Å². The summed E-state index contributed by atoms with van der Waals surface area (Å²) in [5.74, 6) is 0. The van der Waals surface area contributed by atoms with Gasteiger partial charge in [-0.2, -0.15) is 0 Å². The molecule has 0 heterocycles. The van der Waals surface area contributed by atoms with Crippen LogP contribution in [0.4, 0.5) is 0 Å². The summed E-state index contributed by atoms with van der Waals surface area (Å²) in [5, 5.41) is 0. The Kier molecular flexibility index (Phi) is 13.8.